The molecule has 0 amide bonds. The van der Waals surface area contributed by atoms with E-state index in [1.54, 1.807) is 18.2 Å². The molecule has 0 saturated carbocycles. The maximum absolute atomic E-state index is 11.9. The van der Waals surface area contributed by atoms with Crippen molar-refractivity contribution in [1.82, 2.24) is 0 Å². The number of ketones is 2. The molecule has 2 N–H and O–H groups in total. The Labute approximate surface area is 182 Å². The molecule has 6 nitrogen and oxygen atoms in total. The largest absolute Gasteiger partial charge is 0.507 e. The Kier molecular flexibility index (Phi) is 12.8. The van der Waals surface area contributed by atoms with E-state index >= 15 is 0 Å². The van der Waals surface area contributed by atoms with E-state index in [0.717, 1.165) is 0 Å². The van der Waals surface area contributed by atoms with Crippen LogP contribution in [0.2, 0.25) is 0 Å². The summed E-state index contributed by atoms with van der Waals surface area (Å²) in [6.07, 6.45) is 5.73. The number of phenolic OH excluding ortho intramolecular Hbond substituents is 2. The number of allylic oxidation sites excluding steroid dienone is 2. The van der Waals surface area contributed by atoms with Crippen molar-refractivity contribution in [3.8, 4) is 17.2 Å². The lowest BCUT2D eigenvalue weighted by molar-refractivity contribution is -0.121. The van der Waals surface area contributed by atoms with Gasteiger partial charge in [-0.3, -0.25) is 14.4 Å². The lowest BCUT2D eigenvalue weighted by Crippen LogP contribution is -2.01. The fourth-order valence-corrected chi connectivity index (χ4v) is 2.24. The summed E-state index contributed by atoms with van der Waals surface area (Å²) in [6, 6.07) is 8.96. The van der Waals surface area contributed by atoms with Crippen molar-refractivity contribution in [2.75, 3.05) is 7.11 Å². The third-order valence-corrected chi connectivity index (χ3v) is 3.65. The molecule has 2 rings (SSSR count). The maximum atomic E-state index is 11.9. The highest BCUT2D eigenvalue weighted by atomic mass is 16.5. The average molecular weight is 422 g/mol. The highest BCUT2D eigenvalue weighted by molar-refractivity contribution is 6.10. The number of hydrogen-bond donors (Lipinski definition) is 2. The van der Waals surface area contributed by atoms with E-state index in [1.165, 1.54) is 49.6 Å². The molecular weight excluding hydrogens is 396 g/mol. The zero-order valence-corrected chi connectivity index (χ0v) is 17.4. The van der Waals surface area contributed by atoms with Crippen LogP contribution in [0.25, 0.3) is 12.2 Å². The first-order valence-corrected chi connectivity index (χ1v) is 9.00. The number of carbonyl (C=O) groups is 3. The molecule has 0 bridgehead atoms. The van der Waals surface area contributed by atoms with Gasteiger partial charge < -0.3 is 14.9 Å². The molecule has 0 aliphatic carbocycles. The number of ether oxygens (including phenoxy) is 1. The van der Waals surface area contributed by atoms with Gasteiger partial charge in [-0.1, -0.05) is 24.3 Å². The molecule has 0 aliphatic rings. The Morgan fingerprint density at radius 2 is 1.35 bits per heavy atom. The van der Waals surface area contributed by atoms with E-state index in [2.05, 4.69) is 26.3 Å². The summed E-state index contributed by atoms with van der Waals surface area (Å²) in [5, 5.41) is 19.0. The zero-order chi connectivity index (χ0) is 23.8. The van der Waals surface area contributed by atoms with Crippen LogP contribution in [0.5, 0.6) is 17.2 Å². The summed E-state index contributed by atoms with van der Waals surface area (Å²) in [7, 11) is 1.42. The number of carbonyl (C=O) groups excluding carboxylic acids is 3. The molecule has 162 valence electrons. The lowest BCUT2D eigenvalue weighted by Gasteiger charge is -2.03. The van der Waals surface area contributed by atoms with Crippen LogP contribution in [0.3, 0.4) is 0 Å². The fourth-order valence-electron chi connectivity index (χ4n) is 2.24. The first-order valence-electron chi connectivity index (χ1n) is 9.00. The van der Waals surface area contributed by atoms with Gasteiger partial charge in [-0.05, 0) is 47.5 Å². The molecule has 0 fully saturated rings. The minimum Gasteiger partial charge on any atom is -0.507 e. The van der Waals surface area contributed by atoms with Crippen molar-refractivity contribution in [2.45, 2.75) is 6.42 Å². The number of aldehydes is 1. The normalized spacial score (nSPS) is 9.84. The smallest absolute Gasteiger partial charge is 0.163 e. The van der Waals surface area contributed by atoms with Crippen LogP contribution in [-0.4, -0.2) is 35.2 Å². The van der Waals surface area contributed by atoms with Crippen molar-refractivity contribution in [1.29, 1.82) is 0 Å². The predicted molar refractivity (Wildman–Crippen MR) is 123 cm³/mol. The van der Waals surface area contributed by atoms with Crippen LogP contribution < -0.4 is 4.74 Å². The molecule has 31 heavy (non-hydrogen) atoms. The highest BCUT2D eigenvalue weighted by Crippen LogP contribution is 2.26. The molecule has 0 aliphatic heterocycles. The lowest BCUT2D eigenvalue weighted by atomic mass is 10.1. The van der Waals surface area contributed by atoms with Crippen molar-refractivity contribution < 1.29 is 29.3 Å². The van der Waals surface area contributed by atoms with Crippen molar-refractivity contribution in [3.05, 3.63) is 91.6 Å². The molecule has 0 unspecified atom stereocenters. The predicted octanol–water partition coefficient (Wildman–Crippen LogP) is 4.78. The summed E-state index contributed by atoms with van der Waals surface area (Å²) in [6.45, 7) is 12.0. The molecule has 6 heteroatoms. The molecule has 0 saturated heterocycles. The summed E-state index contributed by atoms with van der Waals surface area (Å²) >= 11 is 0. The topological polar surface area (TPSA) is 101 Å². The van der Waals surface area contributed by atoms with Crippen molar-refractivity contribution in [2.24, 2.45) is 0 Å². The second-order valence-electron chi connectivity index (χ2n) is 5.64. The zero-order valence-electron chi connectivity index (χ0n) is 17.4. The first kappa shape index (κ1) is 26.8. The average Bonchev–Trinajstić information content (AvgIpc) is 2.80. The van der Waals surface area contributed by atoms with Gasteiger partial charge >= 0.3 is 0 Å². The molecule has 0 atom stereocenters. The number of rotatable bonds is 8. The standard InChI is InChI=1S/C21H18O6.2C2H4/c1-27-21-11-15(5-9-20(21)26)3-7-18(24)12-17(23)6-2-14-4-8-19(25)16(10-14)13-22;2*1-2/h2-11,13,25-26H,12H2,1H3;2*1-2H2/b6-2+,7-3+;;. The number of hydrogen-bond acceptors (Lipinski definition) is 6. The number of phenols is 2. The monoisotopic (exact) mass is 422 g/mol. The van der Waals surface area contributed by atoms with E-state index in [9.17, 15) is 24.6 Å². The summed E-state index contributed by atoms with van der Waals surface area (Å²) < 4.78 is 4.99. The van der Waals surface area contributed by atoms with Crippen molar-refractivity contribution in [3.63, 3.8) is 0 Å². The van der Waals surface area contributed by atoms with Crippen LogP contribution in [0, 0.1) is 0 Å². The molecule has 0 spiro atoms. The van der Waals surface area contributed by atoms with Crippen LogP contribution in [0.1, 0.15) is 27.9 Å². The van der Waals surface area contributed by atoms with Gasteiger partial charge in [0.15, 0.2) is 29.4 Å². The molecule has 2 aromatic carbocycles. The fraction of sp³-hybridized carbons (Fsp3) is 0.0800. The second kappa shape index (κ2) is 14.8. The van der Waals surface area contributed by atoms with Gasteiger partial charge in [-0.15, -0.1) is 26.3 Å². The Bertz CT molecular complexity index is 954. The van der Waals surface area contributed by atoms with E-state index in [-0.39, 0.29) is 35.0 Å². The SMILES string of the molecule is C=C.C=C.COc1cc(/C=C/C(=O)CC(=O)/C=C/c2ccc(O)c(C=O)c2)ccc1O. The number of aromatic hydroxyl groups is 2. The van der Waals surface area contributed by atoms with Gasteiger partial charge in [0.2, 0.25) is 0 Å². The Morgan fingerprint density at radius 1 is 0.871 bits per heavy atom. The summed E-state index contributed by atoms with van der Waals surface area (Å²) in [5.41, 5.74) is 1.32. The highest BCUT2D eigenvalue weighted by Gasteiger charge is 2.05. The van der Waals surface area contributed by atoms with E-state index < -0.39 is 5.78 Å². The number of methoxy groups -OCH3 is 1. The Balaban J connectivity index is 0.00000212. The van der Waals surface area contributed by atoms with Crippen LogP contribution in [0.4, 0.5) is 0 Å². The minimum atomic E-state index is -0.395. The van der Waals surface area contributed by atoms with Crippen LogP contribution in [0.15, 0.2) is 74.9 Å². The summed E-state index contributed by atoms with van der Waals surface area (Å²) in [4.78, 5) is 34.6. The van der Waals surface area contributed by atoms with Gasteiger partial charge in [0.1, 0.15) is 5.75 Å². The van der Waals surface area contributed by atoms with Crippen LogP contribution >= 0.6 is 0 Å². The van der Waals surface area contributed by atoms with Crippen LogP contribution in [-0.2, 0) is 9.59 Å². The third-order valence-electron chi connectivity index (χ3n) is 3.65. The van der Waals surface area contributed by atoms with Gasteiger partial charge in [0.05, 0.1) is 19.1 Å². The Hall–Kier alpha value is -4.19. The third kappa shape index (κ3) is 9.23. The first-order chi connectivity index (χ1) is 14.9. The minimum absolute atomic E-state index is 0.00624. The second-order valence-corrected chi connectivity index (χ2v) is 5.64. The number of benzene rings is 2. The summed E-state index contributed by atoms with van der Waals surface area (Å²) in [5.74, 6) is -0.634. The Morgan fingerprint density at radius 3 is 1.84 bits per heavy atom. The quantitative estimate of drug-likeness (QED) is 0.275. The molecule has 0 aromatic heterocycles. The van der Waals surface area contributed by atoms with Gasteiger partial charge in [0, 0.05) is 0 Å². The van der Waals surface area contributed by atoms with E-state index in [0.29, 0.717) is 17.4 Å². The van der Waals surface area contributed by atoms with E-state index in [1.807, 2.05) is 0 Å². The molecule has 0 radical (unpaired) electrons. The molecule has 0 heterocycles. The van der Waals surface area contributed by atoms with Gasteiger partial charge in [0.25, 0.3) is 0 Å². The van der Waals surface area contributed by atoms with E-state index in [4.69, 9.17) is 4.74 Å². The molecular formula is C25H26O6. The van der Waals surface area contributed by atoms with Gasteiger partial charge in [-0.2, -0.15) is 0 Å². The molecule has 2 aromatic rings. The maximum Gasteiger partial charge on any atom is 0.163 e. The van der Waals surface area contributed by atoms with Crippen molar-refractivity contribution >= 4 is 30.0 Å². The van der Waals surface area contributed by atoms with Gasteiger partial charge in [-0.25, -0.2) is 0 Å².